The topological polar surface area (TPSA) is 70.9 Å². The molecule has 0 saturated heterocycles. The Hall–Kier alpha value is -2.53. The van der Waals surface area contributed by atoms with Crippen molar-refractivity contribution in [3.8, 4) is 5.75 Å². The predicted octanol–water partition coefficient (Wildman–Crippen LogP) is 3.47. The van der Waals surface area contributed by atoms with Gasteiger partial charge in [-0.2, -0.15) is 0 Å². The molecule has 0 aromatic heterocycles. The summed E-state index contributed by atoms with van der Waals surface area (Å²) in [7, 11) is 0. The van der Waals surface area contributed by atoms with Crippen molar-refractivity contribution in [3.05, 3.63) is 58.6 Å². The molecular formula is C16H15ClN2O3. The summed E-state index contributed by atoms with van der Waals surface area (Å²) in [5.41, 5.74) is 2.40. The third-order valence-electron chi connectivity index (χ3n) is 2.82. The second-order valence-corrected chi connectivity index (χ2v) is 5.05. The summed E-state index contributed by atoms with van der Waals surface area (Å²) < 4.78 is 5.38. The lowest BCUT2D eigenvalue weighted by Crippen LogP contribution is -2.20. The molecule has 0 aliphatic rings. The van der Waals surface area contributed by atoms with E-state index >= 15 is 0 Å². The number of rotatable bonds is 5. The maximum absolute atomic E-state index is 11.8. The van der Waals surface area contributed by atoms with E-state index in [1.54, 1.807) is 24.3 Å². The van der Waals surface area contributed by atoms with Crippen LogP contribution in [0.25, 0.3) is 0 Å². The third kappa shape index (κ3) is 4.49. The van der Waals surface area contributed by atoms with E-state index in [0.717, 1.165) is 5.56 Å². The zero-order chi connectivity index (χ0) is 15.9. The fourth-order valence-corrected chi connectivity index (χ4v) is 2.09. The Balaban J connectivity index is 1.93. The van der Waals surface area contributed by atoms with Gasteiger partial charge in [0.15, 0.2) is 6.61 Å². The Morgan fingerprint density at radius 1 is 1.36 bits per heavy atom. The van der Waals surface area contributed by atoms with Gasteiger partial charge in [0.2, 0.25) is 0 Å². The van der Waals surface area contributed by atoms with Gasteiger partial charge in [0.05, 0.1) is 11.2 Å². The first-order valence-corrected chi connectivity index (χ1v) is 6.92. The second-order valence-electron chi connectivity index (χ2n) is 4.64. The fraction of sp³-hybridized carbons (Fsp3) is 0.125. The molecule has 2 rings (SSSR count). The summed E-state index contributed by atoms with van der Waals surface area (Å²) in [5.74, 6) is 0.110. The van der Waals surface area contributed by atoms with Gasteiger partial charge in [0, 0.05) is 5.69 Å². The second kappa shape index (κ2) is 7.47. The Kier molecular flexibility index (Phi) is 5.38. The quantitative estimate of drug-likeness (QED) is 0.504. The van der Waals surface area contributed by atoms with Crippen LogP contribution in [0, 0.1) is 6.92 Å². The number of anilines is 1. The van der Waals surface area contributed by atoms with E-state index in [-0.39, 0.29) is 12.5 Å². The molecule has 0 spiro atoms. The van der Waals surface area contributed by atoms with E-state index < -0.39 is 0 Å². The highest BCUT2D eigenvalue weighted by molar-refractivity contribution is 6.32. The highest BCUT2D eigenvalue weighted by Crippen LogP contribution is 2.25. The van der Waals surface area contributed by atoms with Gasteiger partial charge in [-0.05, 0) is 48.4 Å². The normalized spacial score (nSPS) is 10.6. The van der Waals surface area contributed by atoms with Crippen molar-refractivity contribution < 1.29 is 14.7 Å². The van der Waals surface area contributed by atoms with Gasteiger partial charge in [-0.15, -0.1) is 0 Å². The number of nitrogens with zero attached hydrogens (tertiary/aromatic N) is 1. The number of ether oxygens (including phenoxy) is 1. The summed E-state index contributed by atoms with van der Waals surface area (Å²) >= 11 is 6.03. The molecule has 0 bridgehead atoms. The van der Waals surface area contributed by atoms with E-state index in [1.165, 1.54) is 6.21 Å². The number of nitrogens with one attached hydrogen (secondary N) is 1. The first-order chi connectivity index (χ1) is 10.6. The van der Waals surface area contributed by atoms with Gasteiger partial charge < -0.3 is 15.3 Å². The van der Waals surface area contributed by atoms with Gasteiger partial charge in [-0.3, -0.25) is 4.79 Å². The van der Waals surface area contributed by atoms with Crippen molar-refractivity contribution in [2.75, 3.05) is 11.9 Å². The minimum absolute atomic E-state index is 0.152. The monoisotopic (exact) mass is 318 g/mol. The average molecular weight is 319 g/mol. The lowest BCUT2D eigenvalue weighted by atomic mass is 10.2. The van der Waals surface area contributed by atoms with Crippen LogP contribution in [0.2, 0.25) is 5.02 Å². The average Bonchev–Trinajstić information content (AvgIpc) is 2.47. The van der Waals surface area contributed by atoms with Crippen molar-refractivity contribution in [3.63, 3.8) is 0 Å². The van der Waals surface area contributed by atoms with Crippen molar-refractivity contribution >= 4 is 29.4 Å². The predicted molar refractivity (Wildman–Crippen MR) is 86.1 cm³/mol. The molecular weight excluding hydrogens is 304 g/mol. The Morgan fingerprint density at radius 3 is 2.86 bits per heavy atom. The Bertz CT molecular complexity index is 702. The standard InChI is InChI=1S/C16H15ClN2O3/c1-11-3-2-4-13(7-11)19-16(20)10-22-15-6-5-12(9-18-21)8-14(15)17/h2-9,21H,10H2,1H3,(H,19,20)/b18-9-. The number of carbonyl (C=O) groups is 1. The number of hydrogen-bond donors (Lipinski definition) is 2. The first-order valence-electron chi connectivity index (χ1n) is 6.55. The Morgan fingerprint density at radius 2 is 2.18 bits per heavy atom. The van der Waals surface area contributed by atoms with E-state index in [1.807, 2.05) is 25.1 Å². The smallest absolute Gasteiger partial charge is 0.262 e. The van der Waals surface area contributed by atoms with E-state index in [2.05, 4.69) is 10.5 Å². The zero-order valence-electron chi connectivity index (χ0n) is 11.9. The van der Waals surface area contributed by atoms with E-state index in [0.29, 0.717) is 22.0 Å². The minimum atomic E-state index is -0.275. The fourth-order valence-electron chi connectivity index (χ4n) is 1.84. The summed E-state index contributed by atoms with van der Waals surface area (Å²) in [4.78, 5) is 11.8. The van der Waals surface area contributed by atoms with Crippen molar-refractivity contribution in [1.82, 2.24) is 0 Å². The number of oxime groups is 1. The lowest BCUT2D eigenvalue weighted by molar-refractivity contribution is -0.118. The third-order valence-corrected chi connectivity index (χ3v) is 3.12. The minimum Gasteiger partial charge on any atom is -0.482 e. The van der Waals surface area contributed by atoms with Crippen LogP contribution in [0.15, 0.2) is 47.6 Å². The van der Waals surface area contributed by atoms with Gasteiger partial charge >= 0.3 is 0 Å². The molecule has 0 aliphatic carbocycles. The van der Waals surface area contributed by atoms with Crippen LogP contribution in [0.4, 0.5) is 5.69 Å². The molecule has 0 aliphatic heterocycles. The number of benzene rings is 2. The molecule has 6 heteroatoms. The molecule has 114 valence electrons. The number of carbonyl (C=O) groups excluding carboxylic acids is 1. The molecule has 22 heavy (non-hydrogen) atoms. The number of amides is 1. The van der Waals surface area contributed by atoms with Crippen molar-refractivity contribution in [1.29, 1.82) is 0 Å². The van der Waals surface area contributed by atoms with Crippen LogP contribution >= 0.6 is 11.6 Å². The van der Waals surface area contributed by atoms with Crippen molar-refractivity contribution in [2.24, 2.45) is 5.16 Å². The van der Waals surface area contributed by atoms with Crippen LogP contribution in [-0.4, -0.2) is 23.9 Å². The Labute approximate surface area is 133 Å². The highest BCUT2D eigenvalue weighted by atomic mass is 35.5. The zero-order valence-corrected chi connectivity index (χ0v) is 12.7. The molecule has 0 atom stereocenters. The SMILES string of the molecule is Cc1cccc(NC(=O)COc2ccc(/C=N\O)cc2Cl)c1. The molecule has 0 saturated carbocycles. The molecule has 0 unspecified atom stereocenters. The van der Waals surface area contributed by atoms with Crippen LogP contribution < -0.4 is 10.1 Å². The summed E-state index contributed by atoms with van der Waals surface area (Å²) in [5, 5.41) is 14.5. The van der Waals surface area contributed by atoms with Crippen LogP contribution in [0.3, 0.4) is 0 Å². The molecule has 0 heterocycles. The molecule has 2 aromatic rings. The molecule has 0 fully saturated rings. The van der Waals surface area contributed by atoms with E-state index in [4.69, 9.17) is 21.5 Å². The first kappa shape index (κ1) is 15.9. The van der Waals surface area contributed by atoms with Gasteiger partial charge in [-0.1, -0.05) is 28.9 Å². The molecule has 0 radical (unpaired) electrons. The maximum atomic E-state index is 11.8. The number of halogens is 1. The van der Waals surface area contributed by atoms with Crippen LogP contribution in [0.1, 0.15) is 11.1 Å². The number of aryl methyl sites for hydroxylation is 1. The summed E-state index contributed by atoms with van der Waals surface area (Å²) in [6, 6.07) is 12.3. The summed E-state index contributed by atoms with van der Waals surface area (Å²) in [6.07, 6.45) is 1.25. The molecule has 1 amide bonds. The lowest BCUT2D eigenvalue weighted by Gasteiger charge is -2.09. The maximum Gasteiger partial charge on any atom is 0.262 e. The van der Waals surface area contributed by atoms with E-state index in [9.17, 15) is 4.79 Å². The van der Waals surface area contributed by atoms with Crippen molar-refractivity contribution in [2.45, 2.75) is 6.92 Å². The highest BCUT2D eigenvalue weighted by Gasteiger charge is 2.07. The van der Waals surface area contributed by atoms with Gasteiger partial charge in [0.25, 0.3) is 5.91 Å². The largest absolute Gasteiger partial charge is 0.482 e. The van der Waals surface area contributed by atoms with Crippen LogP contribution in [-0.2, 0) is 4.79 Å². The number of hydrogen-bond acceptors (Lipinski definition) is 4. The van der Waals surface area contributed by atoms with Crippen LogP contribution in [0.5, 0.6) is 5.75 Å². The molecule has 2 aromatic carbocycles. The molecule has 5 nitrogen and oxygen atoms in total. The van der Waals surface area contributed by atoms with Gasteiger partial charge in [-0.25, -0.2) is 0 Å². The summed E-state index contributed by atoms with van der Waals surface area (Å²) in [6.45, 7) is 1.80. The van der Waals surface area contributed by atoms with Gasteiger partial charge in [0.1, 0.15) is 5.75 Å². The molecule has 2 N–H and O–H groups in total.